The van der Waals surface area contributed by atoms with E-state index >= 15 is 0 Å². The van der Waals surface area contributed by atoms with Gasteiger partial charge in [-0.3, -0.25) is 18.9 Å². The molecular formula is C24H45NaO9S. The topological polar surface area (TPSA) is 144 Å². The van der Waals surface area contributed by atoms with Gasteiger partial charge in [0.25, 0.3) is 10.1 Å². The van der Waals surface area contributed by atoms with E-state index in [1.54, 1.807) is 0 Å². The quantitative estimate of drug-likeness (QED) is 0.117. The number of rotatable bonds is 18. The van der Waals surface area contributed by atoms with Crippen molar-refractivity contribution in [2.45, 2.75) is 97.2 Å². The average molecular weight is 533 g/mol. The molecule has 0 aromatic rings. The minimum Gasteiger partial charge on any atom is -1.00 e. The zero-order valence-corrected chi connectivity index (χ0v) is 25.0. The predicted octanol–water partition coefficient (Wildman–Crippen LogP) is 1.92. The first-order valence-corrected chi connectivity index (χ1v) is 13.6. The van der Waals surface area contributed by atoms with Crippen LogP contribution in [-0.4, -0.2) is 54.4 Å². The zero-order valence-electron chi connectivity index (χ0n) is 23.2. The van der Waals surface area contributed by atoms with Gasteiger partial charge in [-0.2, -0.15) is 8.42 Å². The summed E-state index contributed by atoms with van der Waals surface area (Å²) in [5.74, 6) is -2.43. The number of aliphatic carboxylic acids is 1. The van der Waals surface area contributed by atoms with Gasteiger partial charge in [0.05, 0.1) is 26.1 Å². The van der Waals surface area contributed by atoms with Crippen LogP contribution in [0.4, 0.5) is 0 Å². The van der Waals surface area contributed by atoms with Crippen LogP contribution in [0, 0.1) is 11.8 Å². The van der Waals surface area contributed by atoms with Crippen LogP contribution < -0.4 is 29.6 Å². The first kappa shape index (κ1) is 38.6. The Bertz CT molecular complexity index is 702. The molecule has 0 bridgehead atoms. The molecule has 202 valence electrons. The fourth-order valence-corrected chi connectivity index (χ4v) is 3.60. The molecular weight excluding hydrogens is 487 g/mol. The molecule has 0 rings (SSSR count). The number of carbonyl (C=O) groups excluding carboxylic acids is 2. The van der Waals surface area contributed by atoms with E-state index < -0.39 is 39.7 Å². The van der Waals surface area contributed by atoms with Gasteiger partial charge in [-0.1, -0.05) is 72.3 Å². The Morgan fingerprint density at radius 3 is 1.71 bits per heavy atom. The van der Waals surface area contributed by atoms with Crippen molar-refractivity contribution in [3.05, 3.63) is 12.7 Å². The van der Waals surface area contributed by atoms with Crippen molar-refractivity contribution in [1.82, 2.24) is 0 Å². The number of hydrogen-bond donors (Lipinski definition) is 2. The van der Waals surface area contributed by atoms with Crippen molar-refractivity contribution in [2.75, 3.05) is 13.2 Å². The van der Waals surface area contributed by atoms with Crippen molar-refractivity contribution >= 4 is 28.0 Å². The summed E-state index contributed by atoms with van der Waals surface area (Å²) < 4.78 is 42.8. The van der Waals surface area contributed by atoms with Gasteiger partial charge in [0, 0.05) is 0 Å². The molecule has 0 saturated carbocycles. The predicted molar refractivity (Wildman–Crippen MR) is 132 cm³/mol. The SMILES string of the molecule is C=CCC(=O)O.CCCCC(CC)COC(=O)CC(C(=O)OCC(CC)CCCC)S(=O)(=O)O.[H-].[Na+]. The maximum atomic E-state index is 12.2. The van der Waals surface area contributed by atoms with E-state index in [1.165, 1.54) is 6.08 Å². The van der Waals surface area contributed by atoms with Gasteiger partial charge in [-0.05, 0) is 24.7 Å². The smallest absolute Gasteiger partial charge is 1.00 e. The van der Waals surface area contributed by atoms with Gasteiger partial charge < -0.3 is 16.0 Å². The van der Waals surface area contributed by atoms with Gasteiger partial charge in [-0.25, -0.2) is 0 Å². The number of carbonyl (C=O) groups is 3. The van der Waals surface area contributed by atoms with Crippen LogP contribution in [0.2, 0.25) is 0 Å². The van der Waals surface area contributed by atoms with E-state index in [4.69, 9.17) is 14.6 Å². The van der Waals surface area contributed by atoms with Gasteiger partial charge >= 0.3 is 47.5 Å². The van der Waals surface area contributed by atoms with E-state index in [0.29, 0.717) is 0 Å². The number of unbranched alkanes of at least 4 members (excludes halogenated alkanes) is 2. The molecule has 2 N–H and O–H groups in total. The molecule has 0 amide bonds. The van der Waals surface area contributed by atoms with E-state index in [1.807, 2.05) is 13.8 Å². The Kier molecular flexibility index (Phi) is 25.9. The third kappa shape index (κ3) is 22.0. The molecule has 0 saturated heterocycles. The van der Waals surface area contributed by atoms with Crippen molar-refractivity contribution in [2.24, 2.45) is 11.8 Å². The summed E-state index contributed by atoms with van der Waals surface area (Å²) in [6.45, 7) is 11.6. The molecule has 0 aromatic heterocycles. The Hall–Kier alpha value is -0.940. The normalized spacial score (nSPS) is 13.2. The Morgan fingerprint density at radius 2 is 1.40 bits per heavy atom. The van der Waals surface area contributed by atoms with Crippen molar-refractivity contribution in [3.8, 4) is 0 Å². The van der Waals surface area contributed by atoms with E-state index in [0.717, 1.165) is 51.4 Å². The third-order valence-corrected chi connectivity index (χ3v) is 6.40. The van der Waals surface area contributed by atoms with Crippen molar-refractivity contribution in [1.29, 1.82) is 0 Å². The Morgan fingerprint density at radius 1 is 0.943 bits per heavy atom. The van der Waals surface area contributed by atoms with E-state index in [2.05, 4.69) is 20.4 Å². The monoisotopic (exact) mass is 532 g/mol. The molecule has 0 aliphatic heterocycles. The Balaban J connectivity index is -0.000000567. The summed E-state index contributed by atoms with van der Waals surface area (Å²) in [5, 5.41) is 5.90. The molecule has 3 atom stereocenters. The zero-order chi connectivity index (χ0) is 26.6. The van der Waals surface area contributed by atoms with E-state index in [-0.39, 0.29) is 62.5 Å². The summed E-state index contributed by atoms with van der Waals surface area (Å²) >= 11 is 0. The molecule has 3 unspecified atom stereocenters. The second-order valence-electron chi connectivity index (χ2n) is 8.24. The number of carboxylic acid groups (broad SMARTS) is 1. The first-order chi connectivity index (χ1) is 16.0. The summed E-state index contributed by atoms with van der Waals surface area (Å²) in [4.78, 5) is 33.7. The van der Waals surface area contributed by atoms with Crippen LogP contribution in [-0.2, 0) is 34.0 Å². The van der Waals surface area contributed by atoms with Gasteiger partial charge in [-0.15, -0.1) is 6.58 Å². The largest absolute Gasteiger partial charge is 1.00 e. The molecule has 9 nitrogen and oxygen atoms in total. The maximum absolute atomic E-state index is 12.2. The molecule has 0 radical (unpaired) electrons. The number of carboxylic acids is 1. The average Bonchev–Trinajstić information content (AvgIpc) is 2.77. The first-order valence-electron chi connectivity index (χ1n) is 12.1. The molecule has 0 aliphatic carbocycles. The molecule has 0 spiro atoms. The van der Waals surface area contributed by atoms with Crippen LogP contribution in [0.15, 0.2) is 12.7 Å². The maximum Gasteiger partial charge on any atom is 1.00 e. The molecule has 0 aliphatic rings. The van der Waals surface area contributed by atoms with Crippen LogP contribution in [0.25, 0.3) is 0 Å². The molecule has 35 heavy (non-hydrogen) atoms. The minimum atomic E-state index is -4.76. The summed E-state index contributed by atoms with van der Waals surface area (Å²) in [5.41, 5.74) is 0. The van der Waals surface area contributed by atoms with E-state index in [9.17, 15) is 27.4 Å². The third-order valence-electron chi connectivity index (χ3n) is 5.32. The minimum absolute atomic E-state index is 0. The molecule has 0 fully saturated rings. The second-order valence-corrected chi connectivity index (χ2v) is 9.84. The molecule has 11 heteroatoms. The van der Waals surface area contributed by atoms with Gasteiger partial charge in [0.15, 0.2) is 5.25 Å². The number of esters is 2. The fraction of sp³-hybridized carbons (Fsp3) is 0.792. The molecule has 0 aromatic carbocycles. The number of hydrogen-bond acceptors (Lipinski definition) is 7. The van der Waals surface area contributed by atoms with Crippen LogP contribution in [0.3, 0.4) is 0 Å². The standard InChI is InChI=1S/C20H38O7S.C4H6O2.Na.H/c1-5-9-11-16(7-3)14-26-19(21)13-18(28(23,24)25)20(22)27-15-17(8-4)12-10-6-2;1-2-3-4(5)6;;/h16-18H,5-15H2,1-4H3,(H,23,24,25);2H,1,3H2,(H,5,6);;/q;;+1;-1. The van der Waals surface area contributed by atoms with Crippen LogP contribution in [0.5, 0.6) is 0 Å². The van der Waals surface area contributed by atoms with Crippen molar-refractivity contribution < 1.29 is 72.9 Å². The van der Waals surface area contributed by atoms with Gasteiger partial charge in [0.2, 0.25) is 0 Å². The summed E-state index contributed by atoms with van der Waals surface area (Å²) in [6, 6.07) is 0. The number of ether oxygens (including phenoxy) is 2. The van der Waals surface area contributed by atoms with Gasteiger partial charge in [0.1, 0.15) is 0 Å². The summed E-state index contributed by atoms with van der Waals surface area (Å²) in [7, 11) is -4.76. The Labute approximate surface area is 234 Å². The van der Waals surface area contributed by atoms with Crippen molar-refractivity contribution in [3.63, 3.8) is 0 Å². The summed E-state index contributed by atoms with van der Waals surface area (Å²) in [6.07, 6.45) is 8.15. The van der Waals surface area contributed by atoms with Crippen LogP contribution >= 0.6 is 0 Å². The van der Waals surface area contributed by atoms with Crippen LogP contribution in [0.1, 0.15) is 93.3 Å². The second kappa shape index (κ2) is 23.5. The molecule has 0 heterocycles. The fourth-order valence-electron chi connectivity index (χ4n) is 2.94.